The number of aryl methyl sites for hydroxylation is 2. The van der Waals surface area contributed by atoms with Crippen LogP contribution in [0, 0.1) is 13.8 Å². The zero-order valence-corrected chi connectivity index (χ0v) is 10.8. The van der Waals surface area contributed by atoms with Crippen LogP contribution in [0.25, 0.3) is 0 Å². The van der Waals surface area contributed by atoms with Gasteiger partial charge in [-0.05, 0) is 49.2 Å². The third kappa shape index (κ3) is 3.04. The molecule has 0 aliphatic heterocycles. The van der Waals surface area contributed by atoms with E-state index in [0.29, 0.717) is 5.69 Å². The molecular weight excluding hydrogens is 242 g/mol. The molecule has 0 atom stereocenters. The normalized spacial score (nSPS) is 10.2. The maximum absolute atomic E-state index is 12.0. The summed E-state index contributed by atoms with van der Waals surface area (Å²) in [6, 6.07) is 9.58. The molecule has 2 aromatic rings. The van der Waals surface area contributed by atoms with E-state index in [1.807, 2.05) is 32.0 Å². The van der Waals surface area contributed by atoms with Crippen molar-refractivity contribution in [3.63, 3.8) is 0 Å². The Balaban J connectivity index is 2.25. The Morgan fingerprint density at radius 2 is 1.63 bits per heavy atom. The van der Waals surface area contributed by atoms with Crippen LogP contribution in [-0.2, 0) is 0 Å². The van der Waals surface area contributed by atoms with Gasteiger partial charge >= 0.3 is 0 Å². The van der Waals surface area contributed by atoms with Crippen LogP contribution < -0.4 is 5.32 Å². The summed E-state index contributed by atoms with van der Waals surface area (Å²) in [5, 5.41) is 21.5. The maximum atomic E-state index is 12.0. The van der Waals surface area contributed by atoms with Crippen molar-refractivity contribution in [3.05, 3.63) is 53.1 Å². The molecule has 0 bridgehead atoms. The second-order valence-corrected chi connectivity index (χ2v) is 4.53. The molecule has 0 saturated heterocycles. The lowest BCUT2D eigenvalue weighted by molar-refractivity contribution is 0.102. The minimum atomic E-state index is -0.414. The number of benzene rings is 2. The first-order valence-corrected chi connectivity index (χ1v) is 5.87. The number of phenolic OH excluding ortho intramolecular Hbond substituents is 2. The quantitative estimate of drug-likeness (QED) is 0.774. The molecule has 0 aromatic heterocycles. The van der Waals surface area contributed by atoms with Crippen molar-refractivity contribution < 1.29 is 15.0 Å². The van der Waals surface area contributed by atoms with Crippen molar-refractivity contribution in [3.8, 4) is 11.5 Å². The number of carbonyl (C=O) groups excluding carboxylic acids is 1. The van der Waals surface area contributed by atoms with Gasteiger partial charge in [0.25, 0.3) is 5.91 Å². The van der Waals surface area contributed by atoms with Gasteiger partial charge in [0, 0.05) is 11.8 Å². The second kappa shape index (κ2) is 5.02. The molecule has 0 aliphatic carbocycles. The summed E-state index contributed by atoms with van der Waals surface area (Å²) >= 11 is 0. The van der Waals surface area contributed by atoms with E-state index >= 15 is 0 Å². The summed E-state index contributed by atoms with van der Waals surface area (Å²) in [5.41, 5.74) is 2.89. The average Bonchev–Trinajstić information content (AvgIpc) is 2.26. The van der Waals surface area contributed by atoms with Crippen molar-refractivity contribution in [1.82, 2.24) is 0 Å². The molecular formula is C15H15NO3. The van der Waals surface area contributed by atoms with E-state index in [0.717, 1.165) is 17.2 Å². The molecule has 4 nitrogen and oxygen atoms in total. The highest BCUT2D eigenvalue weighted by atomic mass is 16.3. The van der Waals surface area contributed by atoms with Crippen LogP contribution in [0.15, 0.2) is 36.4 Å². The Morgan fingerprint density at radius 1 is 1.00 bits per heavy atom. The molecule has 0 fully saturated rings. The Hall–Kier alpha value is -2.49. The number of hydrogen-bond acceptors (Lipinski definition) is 3. The van der Waals surface area contributed by atoms with Crippen LogP contribution in [-0.4, -0.2) is 16.1 Å². The smallest absolute Gasteiger partial charge is 0.259 e. The third-order valence-electron chi connectivity index (χ3n) is 2.71. The zero-order valence-electron chi connectivity index (χ0n) is 10.8. The number of phenols is 2. The lowest BCUT2D eigenvalue weighted by Gasteiger charge is -2.09. The Labute approximate surface area is 111 Å². The van der Waals surface area contributed by atoms with Gasteiger partial charge in [0.2, 0.25) is 0 Å². The molecule has 4 heteroatoms. The molecule has 3 N–H and O–H groups in total. The predicted octanol–water partition coefficient (Wildman–Crippen LogP) is 2.97. The largest absolute Gasteiger partial charge is 0.508 e. The van der Waals surface area contributed by atoms with E-state index in [2.05, 4.69) is 5.32 Å². The molecule has 0 saturated carbocycles. The van der Waals surface area contributed by atoms with E-state index in [1.54, 1.807) is 0 Å². The highest BCUT2D eigenvalue weighted by Gasteiger charge is 2.12. The number of carbonyl (C=O) groups is 1. The van der Waals surface area contributed by atoms with Crippen LogP contribution >= 0.6 is 0 Å². The van der Waals surface area contributed by atoms with Crippen LogP contribution in [0.3, 0.4) is 0 Å². The monoisotopic (exact) mass is 257 g/mol. The van der Waals surface area contributed by atoms with Gasteiger partial charge in [-0.25, -0.2) is 0 Å². The van der Waals surface area contributed by atoms with Gasteiger partial charge in [-0.3, -0.25) is 4.79 Å². The van der Waals surface area contributed by atoms with Gasteiger partial charge in [0.15, 0.2) is 0 Å². The summed E-state index contributed by atoms with van der Waals surface area (Å²) in [7, 11) is 0. The van der Waals surface area contributed by atoms with Gasteiger partial charge in [0.1, 0.15) is 11.5 Å². The fourth-order valence-electron chi connectivity index (χ4n) is 1.96. The molecule has 0 radical (unpaired) electrons. The van der Waals surface area contributed by atoms with Gasteiger partial charge < -0.3 is 15.5 Å². The number of rotatable bonds is 2. The van der Waals surface area contributed by atoms with E-state index < -0.39 is 5.91 Å². The predicted molar refractivity (Wildman–Crippen MR) is 73.6 cm³/mol. The minimum absolute atomic E-state index is 0.0829. The van der Waals surface area contributed by atoms with Crippen molar-refractivity contribution in [1.29, 1.82) is 0 Å². The summed E-state index contributed by atoms with van der Waals surface area (Å²) in [6.45, 7) is 3.89. The molecule has 2 rings (SSSR count). The number of hydrogen-bond donors (Lipinski definition) is 3. The van der Waals surface area contributed by atoms with Crippen molar-refractivity contribution in [2.24, 2.45) is 0 Å². The first-order chi connectivity index (χ1) is 8.95. The number of amides is 1. The van der Waals surface area contributed by atoms with Gasteiger partial charge in [0.05, 0.1) is 5.56 Å². The average molecular weight is 257 g/mol. The van der Waals surface area contributed by atoms with E-state index in [4.69, 9.17) is 0 Å². The number of aromatic hydroxyl groups is 2. The molecule has 0 unspecified atom stereocenters. The fraction of sp³-hybridized carbons (Fsp3) is 0.133. The van der Waals surface area contributed by atoms with Crippen LogP contribution in [0.2, 0.25) is 0 Å². The SMILES string of the molecule is Cc1cc(C)cc(NC(=O)c2ccc(O)cc2O)c1. The topological polar surface area (TPSA) is 69.6 Å². The van der Waals surface area contributed by atoms with Crippen LogP contribution in [0.4, 0.5) is 5.69 Å². The van der Waals surface area contributed by atoms with E-state index in [9.17, 15) is 15.0 Å². The molecule has 0 heterocycles. The lowest BCUT2D eigenvalue weighted by atomic mass is 10.1. The first-order valence-electron chi connectivity index (χ1n) is 5.87. The molecule has 1 amide bonds. The Morgan fingerprint density at radius 3 is 2.21 bits per heavy atom. The number of nitrogens with one attached hydrogen (secondary N) is 1. The van der Waals surface area contributed by atoms with Gasteiger partial charge in [-0.2, -0.15) is 0 Å². The molecule has 0 aliphatic rings. The Bertz CT molecular complexity index is 615. The first kappa shape index (κ1) is 13.0. The molecule has 2 aromatic carbocycles. The highest BCUT2D eigenvalue weighted by molar-refractivity contribution is 6.06. The molecule has 0 spiro atoms. The summed E-state index contributed by atoms with van der Waals surface area (Å²) in [4.78, 5) is 12.0. The summed E-state index contributed by atoms with van der Waals surface area (Å²) in [6.07, 6.45) is 0. The standard InChI is InChI=1S/C15H15NO3/c1-9-5-10(2)7-11(6-9)16-15(19)13-4-3-12(17)8-14(13)18/h3-8,17-18H,1-2H3,(H,16,19). The fourth-order valence-corrected chi connectivity index (χ4v) is 1.96. The van der Waals surface area contributed by atoms with Gasteiger partial charge in [-0.15, -0.1) is 0 Å². The van der Waals surface area contributed by atoms with Crippen molar-refractivity contribution in [2.45, 2.75) is 13.8 Å². The van der Waals surface area contributed by atoms with Crippen molar-refractivity contribution >= 4 is 11.6 Å². The van der Waals surface area contributed by atoms with Crippen LogP contribution in [0.1, 0.15) is 21.5 Å². The van der Waals surface area contributed by atoms with E-state index in [-0.39, 0.29) is 17.1 Å². The molecule has 19 heavy (non-hydrogen) atoms. The zero-order chi connectivity index (χ0) is 14.0. The van der Waals surface area contributed by atoms with Gasteiger partial charge in [-0.1, -0.05) is 6.07 Å². The minimum Gasteiger partial charge on any atom is -0.508 e. The van der Waals surface area contributed by atoms with E-state index in [1.165, 1.54) is 12.1 Å². The summed E-state index contributed by atoms with van der Waals surface area (Å²) < 4.78 is 0. The Kier molecular flexibility index (Phi) is 3.42. The van der Waals surface area contributed by atoms with Crippen LogP contribution in [0.5, 0.6) is 11.5 Å². The third-order valence-corrected chi connectivity index (χ3v) is 2.71. The lowest BCUT2D eigenvalue weighted by Crippen LogP contribution is -2.12. The molecule has 98 valence electrons. The summed E-state index contributed by atoms with van der Waals surface area (Å²) in [5.74, 6) is -0.746. The van der Waals surface area contributed by atoms with Crippen molar-refractivity contribution in [2.75, 3.05) is 5.32 Å². The maximum Gasteiger partial charge on any atom is 0.259 e. The second-order valence-electron chi connectivity index (χ2n) is 4.53. The number of anilines is 1. The highest BCUT2D eigenvalue weighted by Crippen LogP contribution is 2.24.